The smallest absolute Gasteiger partial charge is 0.418 e. The summed E-state index contributed by atoms with van der Waals surface area (Å²) in [7, 11) is 0. The van der Waals surface area contributed by atoms with Crippen molar-refractivity contribution in [2.24, 2.45) is 0 Å². The van der Waals surface area contributed by atoms with E-state index in [-0.39, 0.29) is 5.02 Å². The van der Waals surface area contributed by atoms with E-state index in [0.717, 1.165) is 12.1 Å². The SMILES string of the molecule is O=C(COc1ccc(Cl)cc1Br)Nc1c(Cl)cccc1C(F)(F)F. The minimum atomic E-state index is -4.65. The maximum absolute atomic E-state index is 13.0. The van der Waals surface area contributed by atoms with E-state index in [1.54, 1.807) is 12.1 Å². The highest BCUT2D eigenvalue weighted by atomic mass is 79.9. The van der Waals surface area contributed by atoms with E-state index in [1.807, 2.05) is 0 Å². The Kier molecular flexibility index (Phi) is 6.01. The Morgan fingerprint density at radius 1 is 1.21 bits per heavy atom. The molecule has 0 saturated heterocycles. The van der Waals surface area contributed by atoms with Crippen molar-refractivity contribution in [3.63, 3.8) is 0 Å². The van der Waals surface area contributed by atoms with Crippen LogP contribution in [0, 0.1) is 0 Å². The highest BCUT2D eigenvalue weighted by Crippen LogP contribution is 2.38. The van der Waals surface area contributed by atoms with Gasteiger partial charge < -0.3 is 10.1 Å². The second-order valence-electron chi connectivity index (χ2n) is 4.57. The molecule has 2 rings (SSSR count). The lowest BCUT2D eigenvalue weighted by Crippen LogP contribution is -2.22. The topological polar surface area (TPSA) is 38.3 Å². The number of para-hydroxylation sites is 1. The Bertz CT molecular complexity index is 769. The normalized spacial score (nSPS) is 11.2. The van der Waals surface area contributed by atoms with E-state index in [4.69, 9.17) is 27.9 Å². The van der Waals surface area contributed by atoms with E-state index in [1.165, 1.54) is 12.1 Å². The lowest BCUT2D eigenvalue weighted by atomic mass is 10.1. The predicted octanol–water partition coefficient (Wildman–Crippen LogP) is 5.79. The van der Waals surface area contributed by atoms with Crippen molar-refractivity contribution in [2.75, 3.05) is 11.9 Å². The third kappa shape index (κ3) is 4.78. The van der Waals surface area contributed by atoms with Gasteiger partial charge in [-0.05, 0) is 46.3 Å². The van der Waals surface area contributed by atoms with Crippen LogP contribution in [0.5, 0.6) is 5.75 Å². The molecule has 0 spiro atoms. The standard InChI is InChI=1S/C15H9BrCl2F3NO2/c16-10-6-8(17)4-5-12(10)24-7-13(23)22-14-9(15(19,20)21)2-1-3-11(14)18/h1-6H,7H2,(H,22,23). The van der Waals surface area contributed by atoms with Crippen molar-refractivity contribution in [1.82, 2.24) is 0 Å². The van der Waals surface area contributed by atoms with E-state index in [0.29, 0.717) is 15.2 Å². The van der Waals surface area contributed by atoms with Crippen molar-refractivity contribution in [1.29, 1.82) is 0 Å². The zero-order valence-electron chi connectivity index (χ0n) is 11.8. The summed E-state index contributed by atoms with van der Waals surface area (Å²) in [5.41, 5.74) is -1.54. The Morgan fingerprint density at radius 3 is 2.54 bits per heavy atom. The van der Waals surface area contributed by atoms with E-state index >= 15 is 0 Å². The fourth-order valence-electron chi connectivity index (χ4n) is 1.80. The molecule has 1 N–H and O–H groups in total. The third-order valence-corrected chi connectivity index (χ3v) is 4.01. The number of nitrogens with one attached hydrogen (secondary N) is 1. The molecule has 0 unspecified atom stereocenters. The van der Waals surface area contributed by atoms with Gasteiger partial charge in [0.2, 0.25) is 0 Å². The number of rotatable bonds is 4. The fraction of sp³-hybridized carbons (Fsp3) is 0.133. The van der Waals surface area contributed by atoms with Crippen molar-refractivity contribution >= 4 is 50.7 Å². The van der Waals surface area contributed by atoms with Crippen molar-refractivity contribution in [3.05, 3.63) is 56.5 Å². The molecule has 0 saturated carbocycles. The quantitative estimate of drug-likeness (QED) is 0.650. The summed E-state index contributed by atoms with van der Waals surface area (Å²) in [6.45, 7) is -0.497. The number of carbonyl (C=O) groups is 1. The highest BCUT2D eigenvalue weighted by molar-refractivity contribution is 9.10. The molecule has 0 atom stereocenters. The number of ether oxygens (including phenoxy) is 1. The highest BCUT2D eigenvalue weighted by Gasteiger charge is 2.34. The number of alkyl halides is 3. The van der Waals surface area contributed by atoms with E-state index in [2.05, 4.69) is 21.2 Å². The molecular formula is C15H9BrCl2F3NO2. The van der Waals surface area contributed by atoms with Crippen LogP contribution in [0.3, 0.4) is 0 Å². The van der Waals surface area contributed by atoms with E-state index < -0.39 is 29.9 Å². The van der Waals surface area contributed by atoms with Gasteiger partial charge in [0.15, 0.2) is 6.61 Å². The van der Waals surface area contributed by atoms with Crippen LogP contribution in [0.2, 0.25) is 10.0 Å². The number of benzene rings is 2. The summed E-state index contributed by atoms with van der Waals surface area (Å²) in [5, 5.41) is 2.37. The van der Waals surface area contributed by atoms with Gasteiger partial charge >= 0.3 is 6.18 Å². The van der Waals surface area contributed by atoms with Gasteiger partial charge in [-0.15, -0.1) is 0 Å². The Balaban J connectivity index is 2.10. The molecule has 0 aromatic heterocycles. The number of anilines is 1. The van der Waals surface area contributed by atoms with Gasteiger partial charge in [-0.3, -0.25) is 4.79 Å². The zero-order valence-corrected chi connectivity index (χ0v) is 14.9. The molecular weight excluding hydrogens is 434 g/mol. The Labute approximate surface area is 153 Å². The van der Waals surface area contributed by atoms with Gasteiger partial charge in [-0.1, -0.05) is 29.3 Å². The molecule has 2 aromatic carbocycles. The molecule has 0 aliphatic rings. The first-order chi connectivity index (χ1) is 11.2. The van der Waals surface area contributed by atoms with Crippen LogP contribution in [0.25, 0.3) is 0 Å². The van der Waals surface area contributed by atoms with Gasteiger partial charge in [0.05, 0.1) is 20.7 Å². The molecule has 0 radical (unpaired) electrons. The molecule has 2 aromatic rings. The first kappa shape index (κ1) is 18.9. The molecule has 0 fully saturated rings. The predicted molar refractivity (Wildman–Crippen MR) is 89.7 cm³/mol. The molecule has 24 heavy (non-hydrogen) atoms. The molecule has 0 aliphatic carbocycles. The average Bonchev–Trinajstić information content (AvgIpc) is 2.47. The number of hydrogen-bond acceptors (Lipinski definition) is 2. The number of amides is 1. The Morgan fingerprint density at radius 2 is 1.92 bits per heavy atom. The number of carbonyl (C=O) groups excluding carboxylic acids is 1. The average molecular weight is 443 g/mol. The Hall–Kier alpha value is -1.44. The van der Waals surface area contributed by atoms with Gasteiger partial charge in [-0.2, -0.15) is 13.2 Å². The van der Waals surface area contributed by atoms with Crippen LogP contribution in [0.1, 0.15) is 5.56 Å². The summed E-state index contributed by atoms with van der Waals surface area (Å²) in [6, 6.07) is 7.87. The van der Waals surface area contributed by atoms with Gasteiger partial charge in [0.25, 0.3) is 5.91 Å². The van der Waals surface area contributed by atoms with Crippen molar-refractivity contribution < 1.29 is 22.7 Å². The summed E-state index contributed by atoms with van der Waals surface area (Å²) in [6.07, 6.45) is -4.65. The number of halogens is 6. The summed E-state index contributed by atoms with van der Waals surface area (Å²) in [5.74, 6) is -0.458. The second-order valence-corrected chi connectivity index (χ2v) is 6.27. The van der Waals surface area contributed by atoms with Crippen LogP contribution < -0.4 is 10.1 Å². The van der Waals surface area contributed by atoms with Crippen molar-refractivity contribution in [2.45, 2.75) is 6.18 Å². The largest absolute Gasteiger partial charge is 0.483 e. The van der Waals surface area contributed by atoms with Gasteiger partial charge in [-0.25, -0.2) is 0 Å². The van der Waals surface area contributed by atoms with Crippen LogP contribution in [0.4, 0.5) is 18.9 Å². The molecule has 3 nitrogen and oxygen atoms in total. The number of hydrogen-bond donors (Lipinski definition) is 1. The summed E-state index contributed by atoms with van der Waals surface area (Å²) >= 11 is 14.7. The maximum Gasteiger partial charge on any atom is 0.418 e. The molecule has 1 amide bonds. The molecule has 0 heterocycles. The van der Waals surface area contributed by atoms with Crippen LogP contribution in [0.15, 0.2) is 40.9 Å². The minimum Gasteiger partial charge on any atom is -0.483 e. The molecule has 0 aliphatic heterocycles. The maximum atomic E-state index is 13.0. The second kappa shape index (κ2) is 7.63. The summed E-state index contributed by atoms with van der Waals surface area (Å²) in [4.78, 5) is 11.9. The summed E-state index contributed by atoms with van der Waals surface area (Å²) < 4.78 is 44.6. The van der Waals surface area contributed by atoms with E-state index in [9.17, 15) is 18.0 Å². The van der Waals surface area contributed by atoms with Crippen LogP contribution >= 0.6 is 39.1 Å². The lowest BCUT2D eigenvalue weighted by molar-refractivity contribution is -0.137. The van der Waals surface area contributed by atoms with Gasteiger partial charge in [0, 0.05) is 5.02 Å². The molecule has 0 bridgehead atoms. The third-order valence-electron chi connectivity index (χ3n) is 2.84. The van der Waals surface area contributed by atoms with Crippen molar-refractivity contribution in [3.8, 4) is 5.75 Å². The lowest BCUT2D eigenvalue weighted by Gasteiger charge is -2.15. The monoisotopic (exact) mass is 441 g/mol. The van der Waals surface area contributed by atoms with Gasteiger partial charge in [0.1, 0.15) is 5.75 Å². The molecule has 9 heteroatoms. The first-order valence-corrected chi connectivity index (χ1v) is 7.97. The fourth-order valence-corrected chi connectivity index (χ4v) is 2.82. The first-order valence-electron chi connectivity index (χ1n) is 6.42. The molecule has 128 valence electrons. The minimum absolute atomic E-state index is 0.217. The van der Waals surface area contributed by atoms with Crippen LogP contribution in [-0.2, 0) is 11.0 Å². The zero-order chi connectivity index (χ0) is 17.9. The van der Waals surface area contributed by atoms with Crippen LogP contribution in [-0.4, -0.2) is 12.5 Å².